The molecule has 3 rings (SSSR count). The molecule has 2 atom stereocenters. The summed E-state index contributed by atoms with van der Waals surface area (Å²) in [5, 5.41) is 12.0. The maximum atomic E-state index is 13.3. The molecular weight excluding hydrogens is 326 g/mol. The average molecular weight is 349 g/mol. The number of esters is 1. The minimum atomic E-state index is -1.65. The van der Waals surface area contributed by atoms with Gasteiger partial charge in [0.25, 0.3) is 5.60 Å². The molecule has 25 heavy (non-hydrogen) atoms. The van der Waals surface area contributed by atoms with Gasteiger partial charge in [-0.2, -0.15) is 0 Å². The van der Waals surface area contributed by atoms with Gasteiger partial charge in [0, 0.05) is 13.0 Å². The highest BCUT2D eigenvalue weighted by Crippen LogP contribution is 2.56. The maximum Gasteiger partial charge on any atom is 0.338 e. The monoisotopic (exact) mass is 349 g/mol. The molecule has 1 fully saturated rings. The highest BCUT2D eigenvalue weighted by molar-refractivity contribution is 6.14. The van der Waals surface area contributed by atoms with Crippen molar-refractivity contribution in [3.05, 3.63) is 22.5 Å². The Morgan fingerprint density at radius 3 is 2.48 bits per heavy atom. The summed E-state index contributed by atoms with van der Waals surface area (Å²) in [5.41, 5.74) is -1.22. The van der Waals surface area contributed by atoms with Crippen LogP contribution in [0.25, 0.3) is 0 Å². The predicted octanol–water partition coefficient (Wildman–Crippen LogP) is 0.913. The van der Waals surface area contributed by atoms with E-state index in [9.17, 15) is 14.4 Å². The summed E-state index contributed by atoms with van der Waals surface area (Å²) < 4.78 is 11.1. The Morgan fingerprint density at radius 1 is 1.20 bits per heavy atom. The minimum Gasteiger partial charge on any atom is -0.496 e. The Labute approximate surface area is 146 Å². The fraction of sp³-hybridized carbons (Fsp3) is 0.611. The van der Waals surface area contributed by atoms with E-state index in [-0.39, 0.29) is 36.1 Å². The first-order chi connectivity index (χ1) is 11.9. The van der Waals surface area contributed by atoms with Crippen molar-refractivity contribution in [2.75, 3.05) is 13.7 Å². The number of ketones is 1. The number of carbonyl (C=O) groups excluding carboxylic acids is 3. The molecule has 2 spiro atoms. The number of fused-ring (bicyclic) bond motifs is 1. The van der Waals surface area contributed by atoms with E-state index in [2.05, 4.69) is 5.32 Å². The minimum absolute atomic E-state index is 0.0576. The summed E-state index contributed by atoms with van der Waals surface area (Å²) in [5.74, 6) is -0.940. The van der Waals surface area contributed by atoms with Crippen LogP contribution < -0.4 is 5.32 Å². The number of unbranched alkanes of at least 4 members (excludes halogenated alkanes) is 1. The van der Waals surface area contributed by atoms with E-state index >= 15 is 0 Å². The van der Waals surface area contributed by atoms with Crippen molar-refractivity contribution in [2.45, 2.75) is 57.1 Å². The molecule has 0 bridgehead atoms. The highest BCUT2D eigenvalue weighted by Gasteiger charge is 2.73. The van der Waals surface area contributed by atoms with E-state index in [0.717, 1.165) is 5.57 Å². The summed E-state index contributed by atoms with van der Waals surface area (Å²) >= 11 is 0. The Hall–Kier alpha value is -2.15. The SMILES string of the molecule is COC1=C(C)C(=O)O[C@]12C(=O)C(C)=C(CCCCO)[C@@]21CCC(=O)N1. The van der Waals surface area contributed by atoms with Crippen molar-refractivity contribution in [3.63, 3.8) is 0 Å². The van der Waals surface area contributed by atoms with Crippen LogP contribution in [0.15, 0.2) is 22.5 Å². The largest absolute Gasteiger partial charge is 0.496 e. The Morgan fingerprint density at radius 2 is 1.92 bits per heavy atom. The van der Waals surface area contributed by atoms with E-state index in [1.807, 2.05) is 0 Å². The molecule has 1 amide bonds. The number of hydrogen-bond donors (Lipinski definition) is 2. The zero-order valence-electron chi connectivity index (χ0n) is 14.7. The molecule has 3 aliphatic rings. The summed E-state index contributed by atoms with van der Waals surface area (Å²) in [7, 11) is 1.40. The molecule has 1 saturated heterocycles. The summed E-state index contributed by atoms with van der Waals surface area (Å²) in [6.45, 7) is 3.32. The summed E-state index contributed by atoms with van der Waals surface area (Å²) in [6, 6.07) is 0. The smallest absolute Gasteiger partial charge is 0.338 e. The summed E-state index contributed by atoms with van der Waals surface area (Å²) in [4.78, 5) is 37.6. The molecule has 0 aromatic rings. The van der Waals surface area contributed by atoms with Crippen molar-refractivity contribution in [3.8, 4) is 0 Å². The fourth-order valence-corrected chi connectivity index (χ4v) is 4.44. The first-order valence-electron chi connectivity index (χ1n) is 8.51. The van der Waals surface area contributed by atoms with Gasteiger partial charge in [-0.1, -0.05) is 0 Å². The van der Waals surface area contributed by atoms with Gasteiger partial charge in [0.15, 0.2) is 5.76 Å². The van der Waals surface area contributed by atoms with Gasteiger partial charge >= 0.3 is 5.97 Å². The number of aliphatic hydroxyl groups is 1. The second-order valence-electron chi connectivity index (χ2n) is 6.80. The third-order valence-electron chi connectivity index (χ3n) is 5.56. The van der Waals surface area contributed by atoms with Crippen LogP contribution in [-0.2, 0) is 23.9 Å². The van der Waals surface area contributed by atoms with Crippen molar-refractivity contribution >= 4 is 17.7 Å². The first kappa shape index (κ1) is 17.7. The molecule has 2 heterocycles. The number of aliphatic hydroxyl groups excluding tert-OH is 1. The second-order valence-corrected chi connectivity index (χ2v) is 6.80. The average Bonchev–Trinajstić information content (AvgIpc) is 3.14. The second kappa shape index (κ2) is 5.98. The zero-order chi connectivity index (χ0) is 18.4. The van der Waals surface area contributed by atoms with E-state index in [4.69, 9.17) is 14.6 Å². The molecule has 0 aromatic carbocycles. The number of rotatable bonds is 5. The van der Waals surface area contributed by atoms with Gasteiger partial charge in [-0.05, 0) is 50.7 Å². The lowest BCUT2D eigenvalue weighted by atomic mass is 9.74. The van der Waals surface area contributed by atoms with Crippen LogP contribution in [-0.4, -0.2) is 47.6 Å². The third kappa shape index (κ3) is 2.11. The number of methoxy groups -OCH3 is 1. The van der Waals surface area contributed by atoms with Crippen LogP contribution in [0.5, 0.6) is 0 Å². The Balaban J connectivity index is 2.16. The lowest BCUT2D eigenvalue weighted by Gasteiger charge is -2.40. The molecule has 1 aliphatic carbocycles. The van der Waals surface area contributed by atoms with E-state index in [0.29, 0.717) is 31.3 Å². The van der Waals surface area contributed by atoms with Gasteiger partial charge in [0.05, 0.1) is 12.7 Å². The van der Waals surface area contributed by atoms with Gasteiger partial charge in [-0.3, -0.25) is 9.59 Å². The standard InChI is InChI=1S/C18H23NO6/c1-10-12(6-4-5-9-20)17(8-7-13(21)19-17)18(14(10)22)15(24-3)11(2)16(23)25-18/h20H,4-9H2,1-3H3,(H,19,21)/t17-,18+/m0/s1. The number of nitrogens with one attached hydrogen (secondary N) is 1. The van der Waals surface area contributed by atoms with Gasteiger partial charge in [0.1, 0.15) is 5.54 Å². The van der Waals surface area contributed by atoms with E-state index in [1.54, 1.807) is 13.8 Å². The van der Waals surface area contributed by atoms with Crippen molar-refractivity contribution in [1.29, 1.82) is 0 Å². The quantitative estimate of drug-likeness (QED) is 0.565. The maximum absolute atomic E-state index is 13.3. The topological polar surface area (TPSA) is 102 Å². The van der Waals surface area contributed by atoms with Crippen molar-refractivity contribution in [1.82, 2.24) is 5.32 Å². The van der Waals surface area contributed by atoms with Crippen LogP contribution in [0.3, 0.4) is 0 Å². The van der Waals surface area contributed by atoms with Crippen molar-refractivity contribution < 1.29 is 29.0 Å². The van der Waals surface area contributed by atoms with Gasteiger partial charge in [-0.25, -0.2) is 4.79 Å². The highest BCUT2D eigenvalue weighted by atomic mass is 16.6. The van der Waals surface area contributed by atoms with Crippen LogP contribution >= 0.6 is 0 Å². The number of ether oxygens (including phenoxy) is 2. The Kier molecular flexibility index (Phi) is 4.23. The molecule has 0 radical (unpaired) electrons. The zero-order valence-corrected chi connectivity index (χ0v) is 14.7. The fourth-order valence-electron chi connectivity index (χ4n) is 4.44. The van der Waals surface area contributed by atoms with Crippen molar-refractivity contribution in [2.24, 2.45) is 0 Å². The molecule has 2 aliphatic heterocycles. The van der Waals surface area contributed by atoms with Gasteiger partial charge < -0.3 is 19.9 Å². The molecule has 2 N–H and O–H groups in total. The predicted molar refractivity (Wildman–Crippen MR) is 87.3 cm³/mol. The normalized spacial score (nSPS) is 31.6. The molecule has 7 nitrogen and oxygen atoms in total. The lowest BCUT2D eigenvalue weighted by Crippen LogP contribution is -2.63. The Bertz CT molecular complexity index is 721. The van der Waals surface area contributed by atoms with E-state index in [1.165, 1.54) is 7.11 Å². The number of carbonyl (C=O) groups is 3. The van der Waals surface area contributed by atoms with Gasteiger partial charge in [0.2, 0.25) is 11.7 Å². The van der Waals surface area contributed by atoms with Crippen LogP contribution in [0.2, 0.25) is 0 Å². The molecule has 0 aromatic heterocycles. The molecule has 0 saturated carbocycles. The first-order valence-corrected chi connectivity index (χ1v) is 8.51. The van der Waals surface area contributed by atoms with Crippen LogP contribution in [0, 0.1) is 0 Å². The molecular formula is C18H23NO6. The third-order valence-corrected chi connectivity index (χ3v) is 5.56. The van der Waals surface area contributed by atoms with E-state index < -0.39 is 17.1 Å². The number of amides is 1. The number of hydrogen-bond acceptors (Lipinski definition) is 6. The molecule has 7 heteroatoms. The molecule has 136 valence electrons. The lowest BCUT2D eigenvalue weighted by molar-refractivity contribution is -0.161. The van der Waals surface area contributed by atoms with Gasteiger partial charge in [-0.15, -0.1) is 0 Å². The number of Topliss-reactive ketones (excluding diaryl/α,β-unsaturated/α-hetero) is 1. The van der Waals surface area contributed by atoms with Crippen LogP contribution in [0.1, 0.15) is 46.0 Å². The molecule has 0 unspecified atom stereocenters. The van der Waals surface area contributed by atoms with Crippen LogP contribution in [0.4, 0.5) is 0 Å². The summed E-state index contributed by atoms with van der Waals surface area (Å²) in [6.07, 6.45) is 2.40.